The molecule has 3 heterocycles. The van der Waals surface area contributed by atoms with Crippen LogP contribution in [0.1, 0.15) is 66.8 Å². The lowest BCUT2D eigenvalue weighted by Gasteiger charge is -2.49. The van der Waals surface area contributed by atoms with E-state index in [1.54, 1.807) is 79.0 Å². The molecule has 1 saturated heterocycles. The Hall–Kier alpha value is -4.24. The summed E-state index contributed by atoms with van der Waals surface area (Å²) in [5, 5.41) is 8.40. The second-order valence-electron chi connectivity index (χ2n) is 14.3. The van der Waals surface area contributed by atoms with Gasteiger partial charge in [-0.25, -0.2) is 14.4 Å². The number of nitrogens with zero attached hydrogens (tertiary/aromatic N) is 4. The molecule has 2 aliphatic rings. The van der Waals surface area contributed by atoms with Crippen LogP contribution in [0.25, 0.3) is 0 Å². The van der Waals surface area contributed by atoms with Crippen molar-refractivity contribution in [2.75, 3.05) is 22.6 Å². The zero-order valence-electron chi connectivity index (χ0n) is 31.3. The standard InChI is InChI=1S/C35H43IN6O10S2/c1-33(2,3)50-30(46)35(7,8)52-40-22(25-38-31(54-41-25)39-32(47)51-34(4,5)6)26(43)37-23-27(44)42-24(20(11-10-16-36)18-53-28(23)42)29(45)49-17-19-12-14-21(48-9)15-13-19/h10-15,23,28H,16-18H2,1-9H3,(H,37,43)(H,38,39,41,47)/b11-10+,40-22-/t23-,28?/m1/s1. The van der Waals surface area contributed by atoms with Crippen LogP contribution in [-0.4, -0.2) is 95.3 Å². The summed E-state index contributed by atoms with van der Waals surface area (Å²) in [6.07, 6.45) is 2.85. The molecule has 1 aromatic heterocycles. The number of thioether (sulfide) groups is 1. The van der Waals surface area contributed by atoms with Gasteiger partial charge in [0, 0.05) is 21.7 Å². The molecule has 19 heteroatoms. The Morgan fingerprint density at radius 2 is 1.70 bits per heavy atom. The fraction of sp³-hybridized carbons (Fsp3) is 0.486. The van der Waals surface area contributed by atoms with E-state index in [0.29, 0.717) is 21.5 Å². The van der Waals surface area contributed by atoms with E-state index in [1.165, 1.54) is 30.5 Å². The number of oxime groups is 1. The molecule has 4 rings (SSSR count). The molecule has 2 N–H and O–H groups in total. The number of ether oxygens (including phenoxy) is 4. The average molecular weight is 899 g/mol. The molecule has 1 aromatic carbocycles. The van der Waals surface area contributed by atoms with Gasteiger partial charge in [-0.3, -0.25) is 19.8 Å². The van der Waals surface area contributed by atoms with Crippen LogP contribution in [0.5, 0.6) is 5.75 Å². The number of alkyl halides is 1. The number of esters is 2. The summed E-state index contributed by atoms with van der Waals surface area (Å²) in [7, 11) is 1.55. The van der Waals surface area contributed by atoms with Crippen molar-refractivity contribution >= 4 is 86.6 Å². The maximum absolute atomic E-state index is 13.9. The number of hydrogen-bond donors (Lipinski definition) is 2. The first-order valence-electron chi connectivity index (χ1n) is 16.6. The Morgan fingerprint density at radius 1 is 1.04 bits per heavy atom. The number of hydrogen-bond acceptors (Lipinski definition) is 15. The second-order valence-corrected chi connectivity index (χ2v) is 17.0. The first-order valence-corrected chi connectivity index (χ1v) is 19.9. The Bertz CT molecular complexity index is 1850. The quantitative estimate of drug-likeness (QED) is 0.0512. The number of carbonyl (C=O) groups is 5. The first-order chi connectivity index (χ1) is 25.2. The lowest BCUT2D eigenvalue weighted by atomic mass is 10.0. The highest BCUT2D eigenvalue weighted by Gasteiger charge is 2.54. The Kier molecular flexibility index (Phi) is 13.8. The minimum atomic E-state index is -1.66. The van der Waals surface area contributed by atoms with Crippen molar-refractivity contribution in [3.63, 3.8) is 0 Å². The van der Waals surface area contributed by atoms with Crippen molar-refractivity contribution in [2.45, 2.75) is 90.2 Å². The second kappa shape index (κ2) is 17.5. The summed E-state index contributed by atoms with van der Waals surface area (Å²) in [4.78, 5) is 77.5. The van der Waals surface area contributed by atoms with E-state index in [1.807, 2.05) is 6.08 Å². The van der Waals surface area contributed by atoms with Gasteiger partial charge in [-0.2, -0.15) is 9.36 Å². The van der Waals surface area contributed by atoms with Gasteiger partial charge in [0.15, 0.2) is 0 Å². The van der Waals surface area contributed by atoms with E-state index in [4.69, 9.17) is 23.8 Å². The summed E-state index contributed by atoms with van der Waals surface area (Å²) in [6.45, 7) is 12.9. The Labute approximate surface area is 335 Å². The van der Waals surface area contributed by atoms with Crippen LogP contribution in [0.15, 0.2) is 52.8 Å². The van der Waals surface area contributed by atoms with Gasteiger partial charge < -0.3 is 29.1 Å². The molecule has 0 spiro atoms. The van der Waals surface area contributed by atoms with Crippen molar-refractivity contribution in [1.82, 2.24) is 19.6 Å². The van der Waals surface area contributed by atoms with E-state index in [0.717, 1.165) is 17.1 Å². The van der Waals surface area contributed by atoms with Crippen molar-refractivity contribution in [1.29, 1.82) is 0 Å². The number of β-lactam (4-membered cyclic amide) rings is 1. The number of aromatic nitrogens is 2. The maximum Gasteiger partial charge on any atom is 0.414 e. The third-order valence-corrected chi connectivity index (χ3v) is 9.57. The van der Waals surface area contributed by atoms with Gasteiger partial charge in [-0.15, -0.1) is 11.8 Å². The number of nitrogens with one attached hydrogen (secondary N) is 2. The number of benzene rings is 1. The zero-order valence-corrected chi connectivity index (χ0v) is 35.1. The van der Waals surface area contributed by atoms with Crippen LogP contribution in [0.3, 0.4) is 0 Å². The molecular weight excluding hydrogens is 855 g/mol. The number of carbonyl (C=O) groups excluding carboxylic acids is 5. The highest BCUT2D eigenvalue weighted by molar-refractivity contribution is 14.1. The van der Waals surface area contributed by atoms with E-state index < -0.39 is 63.8 Å². The number of methoxy groups -OCH3 is 1. The molecular formula is C35H43IN6O10S2. The molecule has 54 heavy (non-hydrogen) atoms. The van der Waals surface area contributed by atoms with Crippen molar-refractivity contribution in [2.24, 2.45) is 5.16 Å². The highest BCUT2D eigenvalue weighted by atomic mass is 127. The molecule has 2 aliphatic heterocycles. The van der Waals surface area contributed by atoms with Gasteiger partial charge in [0.25, 0.3) is 11.8 Å². The normalized spacial score (nSPS) is 17.7. The lowest BCUT2D eigenvalue weighted by Crippen LogP contribution is -2.71. The predicted octanol–water partition coefficient (Wildman–Crippen LogP) is 5.12. The average Bonchev–Trinajstić information content (AvgIpc) is 3.54. The van der Waals surface area contributed by atoms with E-state index in [2.05, 4.69) is 47.7 Å². The van der Waals surface area contributed by atoms with Crippen LogP contribution in [0.2, 0.25) is 0 Å². The molecule has 0 bridgehead atoms. The van der Waals surface area contributed by atoms with Crippen LogP contribution in [-0.2, 0) is 44.8 Å². The Morgan fingerprint density at radius 3 is 2.31 bits per heavy atom. The number of allylic oxidation sites excluding steroid dienone is 2. The van der Waals surface area contributed by atoms with Crippen molar-refractivity contribution < 1.29 is 47.8 Å². The largest absolute Gasteiger partial charge is 0.497 e. The van der Waals surface area contributed by atoms with Crippen LogP contribution in [0.4, 0.5) is 9.93 Å². The maximum atomic E-state index is 13.9. The van der Waals surface area contributed by atoms with E-state index >= 15 is 0 Å². The third kappa shape index (κ3) is 11.2. The van der Waals surface area contributed by atoms with Crippen LogP contribution < -0.4 is 15.4 Å². The number of fused-ring (bicyclic) bond motifs is 1. The molecule has 3 amide bonds. The topological polar surface area (TPSA) is 197 Å². The fourth-order valence-electron chi connectivity index (χ4n) is 4.64. The molecule has 0 saturated carbocycles. The molecule has 0 aliphatic carbocycles. The predicted molar refractivity (Wildman–Crippen MR) is 210 cm³/mol. The smallest absolute Gasteiger partial charge is 0.414 e. The van der Waals surface area contributed by atoms with Crippen LogP contribution in [0, 0.1) is 0 Å². The van der Waals surface area contributed by atoms with Gasteiger partial charge in [0.2, 0.25) is 22.3 Å². The van der Waals surface area contributed by atoms with Gasteiger partial charge in [0.05, 0.1) is 7.11 Å². The summed E-state index contributed by atoms with van der Waals surface area (Å²) in [6, 6.07) is 5.93. The van der Waals surface area contributed by atoms with Gasteiger partial charge in [0.1, 0.15) is 40.7 Å². The summed E-state index contributed by atoms with van der Waals surface area (Å²) in [5.74, 6) is -2.20. The first kappa shape index (κ1) is 42.5. The molecule has 1 unspecified atom stereocenters. The lowest BCUT2D eigenvalue weighted by molar-refractivity contribution is -0.179. The van der Waals surface area contributed by atoms with Crippen molar-refractivity contribution in [3.8, 4) is 5.75 Å². The highest BCUT2D eigenvalue weighted by Crippen LogP contribution is 2.41. The molecule has 0 radical (unpaired) electrons. The fourth-order valence-corrected chi connectivity index (χ4v) is 6.77. The zero-order chi connectivity index (χ0) is 40.0. The van der Waals surface area contributed by atoms with Gasteiger partial charge >= 0.3 is 18.0 Å². The summed E-state index contributed by atoms with van der Waals surface area (Å²) >= 11 is 4.26. The molecule has 1 fully saturated rings. The van der Waals surface area contributed by atoms with Gasteiger partial charge in [-0.05, 0) is 78.7 Å². The molecule has 292 valence electrons. The van der Waals surface area contributed by atoms with E-state index in [9.17, 15) is 24.0 Å². The number of anilines is 1. The molecule has 2 aromatic rings. The number of amides is 3. The van der Waals surface area contributed by atoms with E-state index in [-0.39, 0.29) is 23.3 Å². The van der Waals surface area contributed by atoms with Gasteiger partial charge in [-0.1, -0.05) is 52.0 Å². The van der Waals surface area contributed by atoms with Crippen molar-refractivity contribution in [3.05, 3.63) is 59.1 Å². The Balaban J connectivity index is 1.57. The number of rotatable bonds is 13. The minimum absolute atomic E-state index is 0.0186. The number of halogens is 1. The SMILES string of the molecule is COc1ccc(COC(=O)C2=C(/C=C/CI)CSC3[C@H](NC(=O)/C(=N\OC(C)(C)C(=O)OC(C)(C)C)c4nsc(NC(=O)OC(C)(C)C)n4)C(=O)N23)cc1. The monoisotopic (exact) mass is 898 g/mol. The minimum Gasteiger partial charge on any atom is -0.497 e. The molecule has 16 nitrogen and oxygen atoms in total. The summed E-state index contributed by atoms with van der Waals surface area (Å²) in [5.41, 5.74) is -2.38. The third-order valence-electron chi connectivity index (χ3n) is 7.13. The summed E-state index contributed by atoms with van der Waals surface area (Å²) < 4.78 is 26.4. The molecule has 2 atom stereocenters. The van der Waals surface area contributed by atoms with Crippen LogP contribution >= 0.6 is 45.9 Å².